The lowest BCUT2D eigenvalue weighted by Gasteiger charge is -2.22. The van der Waals surface area contributed by atoms with Crippen molar-refractivity contribution in [2.75, 3.05) is 6.61 Å². The van der Waals surface area contributed by atoms with Gasteiger partial charge in [0.15, 0.2) is 11.5 Å². The van der Waals surface area contributed by atoms with E-state index in [1.165, 1.54) is 50.5 Å². The molecule has 1 N–H and O–H groups in total. The van der Waals surface area contributed by atoms with Gasteiger partial charge in [0.2, 0.25) is 0 Å². The Kier molecular flexibility index (Phi) is 8.40. The van der Waals surface area contributed by atoms with Gasteiger partial charge in [-0.3, -0.25) is 0 Å². The lowest BCUT2D eigenvalue weighted by Crippen LogP contribution is -2.29. The van der Waals surface area contributed by atoms with Crippen LogP contribution in [0.15, 0.2) is 16.6 Å². The van der Waals surface area contributed by atoms with E-state index in [0.717, 1.165) is 22.5 Å². The van der Waals surface area contributed by atoms with E-state index in [0.29, 0.717) is 12.6 Å². The Morgan fingerprint density at radius 1 is 1.08 bits per heavy atom. The highest BCUT2D eigenvalue weighted by Crippen LogP contribution is 2.34. The molecule has 2 rings (SSSR count). The van der Waals surface area contributed by atoms with Crippen LogP contribution >= 0.6 is 15.9 Å². The van der Waals surface area contributed by atoms with Gasteiger partial charge in [0, 0.05) is 17.1 Å². The van der Waals surface area contributed by atoms with Crippen LogP contribution in [-0.2, 0) is 6.54 Å². The minimum Gasteiger partial charge on any atom is -0.490 e. The first-order valence-electron chi connectivity index (χ1n) is 9.45. The summed E-state index contributed by atoms with van der Waals surface area (Å²) in [6.07, 6.45) is 9.61. The summed E-state index contributed by atoms with van der Waals surface area (Å²) in [5.41, 5.74) is 1.23. The average molecular weight is 398 g/mol. The molecule has 136 valence electrons. The molecule has 0 aliphatic heterocycles. The number of rotatable bonds is 7. The number of hydrogen-bond donors (Lipinski definition) is 1. The second-order valence-corrected chi connectivity index (χ2v) is 7.77. The molecule has 3 nitrogen and oxygen atoms in total. The van der Waals surface area contributed by atoms with Crippen LogP contribution in [0.25, 0.3) is 0 Å². The molecule has 0 bridgehead atoms. The third-order valence-electron chi connectivity index (χ3n) is 4.46. The van der Waals surface area contributed by atoms with Crippen molar-refractivity contribution in [2.45, 2.75) is 84.4 Å². The standard InChI is InChI=1S/C20H32BrNO2/c1-4-23-19-12-16(18(21)13-20(19)24-15(2)3)14-22-17-10-8-6-5-7-9-11-17/h12-13,15,17,22H,4-11,14H2,1-3H3. The predicted molar refractivity (Wildman–Crippen MR) is 104 cm³/mol. The normalized spacial score (nSPS) is 16.7. The van der Waals surface area contributed by atoms with Gasteiger partial charge in [-0.1, -0.05) is 48.0 Å². The molecule has 0 unspecified atom stereocenters. The molecule has 0 atom stereocenters. The fourth-order valence-electron chi connectivity index (χ4n) is 3.24. The lowest BCUT2D eigenvalue weighted by atomic mass is 9.96. The number of ether oxygens (including phenoxy) is 2. The summed E-state index contributed by atoms with van der Waals surface area (Å²) in [4.78, 5) is 0. The molecular weight excluding hydrogens is 366 g/mol. The highest BCUT2D eigenvalue weighted by Gasteiger charge is 2.15. The van der Waals surface area contributed by atoms with Gasteiger partial charge in [-0.2, -0.15) is 0 Å². The van der Waals surface area contributed by atoms with Crippen molar-refractivity contribution in [3.8, 4) is 11.5 Å². The Hall–Kier alpha value is -0.740. The highest BCUT2D eigenvalue weighted by molar-refractivity contribution is 9.10. The second kappa shape index (κ2) is 10.3. The third-order valence-corrected chi connectivity index (χ3v) is 5.20. The van der Waals surface area contributed by atoms with E-state index in [9.17, 15) is 0 Å². The zero-order valence-electron chi connectivity index (χ0n) is 15.4. The molecule has 0 radical (unpaired) electrons. The summed E-state index contributed by atoms with van der Waals surface area (Å²) < 4.78 is 12.8. The molecule has 1 fully saturated rings. The van der Waals surface area contributed by atoms with Gasteiger partial charge >= 0.3 is 0 Å². The van der Waals surface area contributed by atoms with Crippen LogP contribution in [0.2, 0.25) is 0 Å². The maximum Gasteiger partial charge on any atom is 0.162 e. The molecule has 0 amide bonds. The fraction of sp³-hybridized carbons (Fsp3) is 0.700. The van der Waals surface area contributed by atoms with Gasteiger partial charge in [-0.15, -0.1) is 0 Å². The second-order valence-electron chi connectivity index (χ2n) is 6.91. The van der Waals surface area contributed by atoms with E-state index < -0.39 is 0 Å². The van der Waals surface area contributed by atoms with Gasteiger partial charge in [0.25, 0.3) is 0 Å². The minimum atomic E-state index is 0.134. The van der Waals surface area contributed by atoms with Gasteiger partial charge < -0.3 is 14.8 Å². The van der Waals surface area contributed by atoms with Gasteiger partial charge in [0.1, 0.15) is 0 Å². The van der Waals surface area contributed by atoms with Crippen LogP contribution in [0.3, 0.4) is 0 Å². The van der Waals surface area contributed by atoms with Gasteiger partial charge in [-0.25, -0.2) is 0 Å². The Morgan fingerprint density at radius 3 is 2.38 bits per heavy atom. The maximum absolute atomic E-state index is 5.88. The van der Waals surface area contributed by atoms with Crippen molar-refractivity contribution in [1.29, 1.82) is 0 Å². The molecule has 1 aromatic rings. The van der Waals surface area contributed by atoms with Crippen LogP contribution < -0.4 is 14.8 Å². The van der Waals surface area contributed by atoms with Crippen molar-refractivity contribution < 1.29 is 9.47 Å². The summed E-state index contributed by atoms with van der Waals surface area (Å²) in [6, 6.07) is 4.79. The van der Waals surface area contributed by atoms with E-state index in [-0.39, 0.29) is 6.10 Å². The minimum absolute atomic E-state index is 0.134. The molecular formula is C20H32BrNO2. The Bertz CT molecular complexity index is 497. The molecule has 1 aliphatic carbocycles. The summed E-state index contributed by atoms with van der Waals surface area (Å²) in [5, 5.41) is 3.75. The van der Waals surface area contributed by atoms with Crippen molar-refractivity contribution >= 4 is 15.9 Å². The Labute approximate surface area is 155 Å². The third kappa shape index (κ3) is 6.29. The Morgan fingerprint density at radius 2 is 1.75 bits per heavy atom. The van der Waals surface area contributed by atoms with Crippen LogP contribution in [0.5, 0.6) is 11.5 Å². The molecule has 0 aromatic heterocycles. The van der Waals surface area contributed by atoms with E-state index in [1.807, 2.05) is 26.8 Å². The summed E-state index contributed by atoms with van der Waals surface area (Å²) in [5.74, 6) is 1.65. The lowest BCUT2D eigenvalue weighted by molar-refractivity contribution is 0.223. The Balaban J connectivity index is 2.04. The van der Waals surface area contributed by atoms with Gasteiger partial charge in [-0.05, 0) is 51.3 Å². The van der Waals surface area contributed by atoms with Crippen molar-refractivity contribution in [2.24, 2.45) is 0 Å². The molecule has 0 heterocycles. The quantitative estimate of drug-likeness (QED) is 0.626. The molecule has 24 heavy (non-hydrogen) atoms. The molecule has 0 spiro atoms. The fourth-order valence-corrected chi connectivity index (χ4v) is 3.70. The first-order chi connectivity index (χ1) is 11.6. The highest BCUT2D eigenvalue weighted by atomic mass is 79.9. The zero-order valence-corrected chi connectivity index (χ0v) is 17.0. The largest absolute Gasteiger partial charge is 0.490 e. The van der Waals surface area contributed by atoms with Gasteiger partial charge in [0.05, 0.1) is 12.7 Å². The smallest absolute Gasteiger partial charge is 0.162 e. The zero-order chi connectivity index (χ0) is 17.4. The van der Waals surface area contributed by atoms with Crippen LogP contribution in [0.1, 0.15) is 71.3 Å². The van der Waals surface area contributed by atoms with Crippen LogP contribution in [-0.4, -0.2) is 18.8 Å². The molecule has 1 aliphatic rings. The number of nitrogens with one attached hydrogen (secondary N) is 1. The number of hydrogen-bond acceptors (Lipinski definition) is 3. The monoisotopic (exact) mass is 397 g/mol. The van der Waals surface area contributed by atoms with Crippen LogP contribution in [0.4, 0.5) is 0 Å². The summed E-state index contributed by atoms with van der Waals surface area (Å²) in [7, 11) is 0. The van der Waals surface area contributed by atoms with E-state index >= 15 is 0 Å². The molecule has 4 heteroatoms. The van der Waals surface area contributed by atoms with Crippen LogP contribution in [0, 0.1) is 0 Å². The number of halogens is 1. The maximum atomic E-state index is 5.88. The van der Waals surface area contributed by atoms with Crippen molar-refractivity contribution in [3.05, 3.63) is 22.2 Å². The van der Waals surface area contributed by atoms with Crippen molar-refractivity contribution in [1.82, 2.24) is 5.32 Å². The van der Waals surface area contributed by atoms with E-state index in [2.05, 4.69) is 27.3 Å². The van der Waals surface area contributed by atoms with Crippen molar-refractivity contribution in [3.63, 3.8) is 0 Å². The molecule has 1 aromatic carbocycles. The SMILES string of the molecule is CCOc1cc(CNC2CCCCCCC2)c(Br)cc1OC(C)C. The number of benzene rings is 1. The summed E-state index contributed by atoms with van der Waals surface area (Å²) in [6.45, 7) is 7.59. The van der Waals surface area contributed by atoms with E-state index in [4.69, 9.17) is 9.47 Å². The molecule has 1 saturated carbocycles. The average Bonchev–Trinajstić information content (AvgIpc) is 2.49. The topological polar surface area (TPSA) is 30.5 Å². The van der Waals surface area contributed by atoms with E-state index in [1.54, 1.807) is 0 Å². The predicted octanol–water partition coefficient (Wildman–Crippen LogP) is 5.84. The molecule has 0 saturated heterocycles. The first kappa shape index (κ1) is 19.6. The first-order valence-corrected chi connectivity index (χ1v) is 10.2. The summed E-state index contributed by atoms with van der Waals surface area (Å²) >= 11 is 3.70.